The van der Waals surface area contributed by atoms with Gasteiger partial charge < -0.3 is 10.4 Å². The average Bonchev–Trinajstić information content (AvgIpc) is 2.33. The second kappa shape index (κ2) is 5.42. The third kappa shape index (κ3) is 2.94. The standard InChI is InChI=1S/C13H11Cl2FN2O2/c1-7-2-3-10(9(16)4-7)18-11-8(12(19)20)5-17-6-13(11,14)15/h2-4,6,18H,5H2,1H3,(H,19,20). The molecule has 20 heavy (non-hydrogen) atoms. The number of dihydropyridines is 1. The van der Waals surface area contributed by atoms with Gasteiger partial charge in [-0.2, -0.15) is 0 Å². The Morgan fingerprint density at radius 2 is 2.20 bits per heavy atom. The zero-order valence-electron chi connectivity index (χ0n) is 10.5. The number of aliphatic imine (C=N–C) groups is 1. The highest BCUT2D eigenvalue weighted by Crippen LogP contribution is 2.34. The molecule has 1 aromatic carbocycles. The number of carbonyl (C=O) groups is 1. The van der Waals surface area contributed by atoms with Gasteiger partial charge in [0.1, 0.15) is 5.82 Å². The number of rotatable bonds is 3. The number of alkyl halides is 2. The van der Waals surface area contributed by atoms with Crippen LogP contribution >= 0.6 is 23.2 Å². The van der Waals surface area contributed by atoms with Crippen LogP contribution in [-0.4, -0.2) is 28.2 Å². The highest BCUT2D eigenvalue weighted by molar-refractivity contribution is 6.58. The summed E-state index contributed by atoms with van der Waals surface area (Å²) in [6.07, 6.45) is 1.22. The number of anilines is 1. The lowest BCUT2D eigenvalue weighted by atomic mass is 10.1. The largest absolute Gasteiger partial charge is 0.478 e. The highest BCUT2D eigenvalue weighted by Gasteiger charge is 2.35. The molecule has 1 aliphatic heterocycles. The summed E-state index contributed by atoms with van der Waals surface area (Å²) in [6, 6.07) is 4.50. The van der Waals surface area contributed by atoms with Crippen molar-refractivity contribution in [1.82, 2.24) is 0 Å². The monoisotopic (exact) mass is 316 g/mol. The van der Waals surface area contributed by atoms with Crippen molar-refractivity contribution in [3.63, 3.8) is 0 Å². The van der Waals surface area contributed by atoms with Crippen LogP contribution in [0.1, 0.15) is 5.56 Å². The summed E-state index contributed by atoms with van der Waals surface area (Å²) < 4.78 is 12.2. The van der Waals surface area contributed by atoms with E-state index in [0.717, 1.165) is 5.56 Å². The van der Waals surface area contributed by atoms with E-state index in [-0.39, 0.29) is 23.5 Å². The third-order valence-corrected chi connectivity index (χ3v) is 3.35. The molecule has 1 aliphatic rings. The van der Waals surface area contributed by atoms with E-state index in [0.29, 0.717) is 0 Å². The Balaban J connectivity index is 2.44. The van der Waals surface area contributed by atoms with E-state index in [1.807, 2.05) is 0 Å². The molecule has 7 heteroatoms. The molecular weight excluding hydrogens is 306 g/mol. The van der Waals surface area contributed by atoms with Crippen LogP contribution in [0.3, 0.4) is 0 Å². The second-order valence-electron chi connectivity index (χ2n) is 4.36. The number of carboxylic acids is 1. The van der Waals surface area contributed by atoms with E-state index in [1.54, 1.807) is 13.0 Å². The Morgan fingerprint density at radius 3 is 2.80 bits per heavy atom. The average molecular weight is 317 g/mol. The first kappa shape index (κ1) is 14.8. The van der Waals surface area contributed by atoms with E-state index in [1.165, 1.54) is 18.3 Å². The van der Waals surface area contributed by atoms with Gasteiger partial charge in [0.15, 0.2) is 4.33 Å². The molecule has 1 heterocycles. The summed E-state index contributed by atoms with van der Waals surface area (Å²) in [5.74, 6) is -1.73. The van der Waals surface area contributed by atoms with Crippen molar-refractivity contribution >= 4 is 41.1 Å². The normalized spacial score (nSPS) is 17.2. The molecule has 0 aromatic heterocycles. The molecule has 106 valence electrons. The van der Waals surface area contributed by atoms with Crippen molar-refractivity contribution in [3.8, 4) is 0 Å². The summed E-state index contributed by atoms with van der Waals surface area (Å²) in [5.41, 5.74) is 0.752. The summed E-state index contributed by atoms with van der Waals surface area (Å²) >= 11 is 12.0. The van der Waals surface area contributed by atoms with Gasteiger partial charge in [0, 0.05) is 6.21 Å². The molecule has 4 nitrogen and oxygen atoms in total. The minimum Gasteiger partial charge on any atom is -0.478 e. The first-order chi connectivity index (χ1) is 9.31. The maximum Gasteiger partial charge on any atom is 0.335 e. The van der Waals surface area contributed by atoms with E-state index < -0.39 is 16.1 Å². The molecule has 2 rings (SSSR count). The highest BCUT2D eigenvalue weighted by atomic mass is 35.5. The molecule has 0 saturated carbocycles. The predicted molar refractivity (Wildman–Crippen MR) is 77.2 cm³/mol. The van der Waals surface area contributed by atoms with Gasteiger partial charge >= 0.3 is 5.97 Å². The Bertz CT molecular complexity index is 627. The fourth-order valence-electron chi connectivity index (χ4n) is 1.79. The van der Waals surface area contributed by atoms with Gasteiger partial charge in [-0.1, -0.05) is 29.3 Å². The molecule has 0 aliphatic carbocycles. The maximum atomic E-state index is 13.8. The van der Waals surface area contributed by atoms with E-state index in [4.69, 9.17) is 28.3 Å². The molecule has 1 aromatic rings. The topological polar surface area (TPSA) is 61.7 Å². The summed E-state index contributed by atoms with van der Waals surface area (Å²) in [4.78, 5) is 15.0. The molecule has 0 saturated heterocycles. The molecule has 0 bridgehead atoms. The van der Waals surface area contributed by atoms with Gasteiger partial charge in [-0.15, -0.1) is 0 Å². The molecule has 0 atom stereocenters. The van der Waals surface area contributed by atoms with E-state index >= 15 is 0 Å². The van der Waals surface area contributed by atoms with Crippen molar-refractivity contribution in [3.05, 3.63) is 40.8 Å². The first-order valence-corrected chi connectivity index (χ1v) is 6.46. The quantitative estimate of drug-likeness (QED) is 0.842. The van der Waals surface area contributed by atoms with Crippen LogP contribution in [0.5, 0.6) is 0 Å². The smallest absolute Gasteiger partial charge is 0.335 e. The molecule has 0 spiro atoms. The molecule has 2 N–H and O–H groups in total. The van der Waals surface area contributed by atoms with Gasteiger partial charge in [-0.05, 0) is 24.6 Å². The van der Waals surface area contributed by atoms with Crippen molar-refractivity contribution in [1.29, 1.82) is 0 Å². The van der Waals surface area contributed by atoms with Crippen LogP contribution in [0.2, 0.25) is 0 Å². The summed E-state index contributed by atoms with van der Waals surface area (Å²) in [5, 5.41) is 11.8. The number of hydrogen-bond donors (Lipinski definition) is 2. The minimum atomic E-state index is -1.64. The number of nitrogens with zero attached hydrogens (tertiary/aromatic N) is 1. The fourth-order valence-corrected chi connectivity index (χ4v) is 2.25. The summed E-state index contributed by atoms with van der Waals surface area (Å²) in [6.45, 7) is 1.67. The number of aliphatic carboxylic acids is 1. The number of carboxylic acid groups (broad SMARTS) is 1. The van der Waals surface area contributed by atoms with Crippen molar-refractivity contribution < 1.29 is 14.3 Å². The van der Waals surface area contributed by atoms with Gasteiger partial charge in [0.05, 0.1) is 23.5 Å². The fraction of sp³-hybridized carbons (Fsp3) is 0.231. The lowest BCUT2D eigenvalue weighted by Crippen LogP contribution is -2.32. The minimum absolute atomic E-state index is 0.00564. The number of benzene rings is 1. The predicted octanol–water partition coefficient (Wildman–Crippen LogP) is 3.14. The SMILES string of the molecule is Cc1ccc(NC2=C(C(=O)O)CN=CC2(Cl)Cl)c(F)c1. The van der Waals surface area contributed by atoms with Crippen LogP contribution in [0, 0.1) is 12.7 Å². The lowest BCUT2D eigenvalue weighted by Gasteiger charge is -2.26. The number of halogens is 3. The molecular formula is C13H11Cl2FN2O2. The number of allylic oxidation sites excluding steroid dienone is 1. The van der Waals surface area contributed by atoms with Gasteiger partial charge in [0.2, 0.25) is 0 Å². The molecule has 0 fully saturated rings. The van der Waals surface area contributed by atoms with Gasteiger partial charge in [0.25, 0.3) is 0 Å². The summed E-state index contributed by atoms with van der Waals surface area (Å²) in [7, 11) is 0. The number of aryl methyl sites for hydroxylation is 1. The number of nitrogens with one attached hydrogen (secondary N) is 1. The van der Waals surface area contributed by atoms with Crippen LogP contribution in [0.4, 0.5) is 10.1 Å². The zero-order chi connectivity index (χ0) is 14.9. The van der Waals surface area contributed by atoms with Crippen LogP contribution in [0.15, 0.2) is 34.5 Å². The van der Waals surface area contributed by atoms with Crippen LogP contribution in [0.25, 0.3) is 0 Å². The van der Waals surface area contributed by atoms with Crippen LogP contribution < -0.4 is 5.32 Å². The van der Waals surface area contributed by atoms with Crippen molar-refractivity contribution in [2.75, 3.05) is 11.9 Å². The zero-order valence-corrected chi connectivity index (χ0v) is 12.0. The first-order valence-electron chi connectivity index (χ1n) is 5.70. The maximum absolute atomic E-state index is 13.8. The molecule has 0 radical (unpaired) electrons. The van der Waals surface area contributed by atoms with Crippen molar-refractivity contribution in [2.45, 2.75) is 11.3 Å². The third-order valence-electron chi connectivity index (χ3n) is 2.78. The molecule has 0 amide bonds. The van der Waals surface area contributed by atoms with Gasteiger partial charge in [-0.3, -0.25) is 4.99 Å². The Kier molecular flexibility index (Phi) is 4.01. The Hall–Kier alpha value is -1.59. The molecule has 0 unspecified atom stereocenters. The van der Waals surface area contributed by atoms with Crippen molar-refractivity contribution in [2.24, 2.45) is 4.99 Å². The number of hydrogen-bond acceptors (Lipinski definition) is 3. The Labute approximate surface area is 124 Å². The van der Waals surface area contributed by atoms with E-state index in [9.17, 15) is 9.18 Å². The lowest BCUT2D eigenvalue weighted by molar-refractivity contribution is -0.132. The van der Waals surface area contributed by atoms with Crippen LogP contribution in [-0.2, 0) is 4.79 Å². The van der Waals surface area contributed by atoms with E-state index in [2.05, 4.69) is 10.3 Å². The second-order valence-corrected chi connectivity index (χ2v) is 5.75. The van der Waals surface area contributed by atoms with Gasteiger partial charge in [-0.25, -0.2) is 9.18 Å². The Morgan fingerprint density at radius 1 is 1.50 bits per heavy atom.